The third-order valence-electron chi connectivity index (χ3n) is 2.90. The van der Waals surface area contributed by atoms with Gasteiger partial charge in [0.1, 0.15) is 0 Å². The molecule has 0 bridgehead atoms. The molecule has 0 radical (unpaired) electrons. The Bertz CT molecular complexity index is 581. The van der Waals surface area contributed by atoms with Gasteiger partial charge >= 0.3 is 0 Å². The molecule has 0 aliphatic carbocycles. The number of thioether (sulfide) groups is 1. The standard InChI is InChI=1S/C13H19N3O3S2/c1-21(18,19)16-11-4-2-10(3-5-11)15-13(17)8-12-9-20-7-6-14-12/h2-5,12,14,16H,6-9H2,1H3,(H,15,17). The zero-order valence-corrected chi connectivity index (χ0v) is 13.4. The molecule has 1 aromatic carbocycles. The summed E-state index contributed by atoms with van der Waals surface area (Å²) in [5.74, 6) is 2.00. The fourth-order valence-electron chi connectivity index (χ4n) is 2.02. The van der Waals surface area contributed by atoms with Crippen LogP contribution in [0.2, 0.25) is 0 Å². The van der Waals surface area contributed by atoms with Crippen LogP contribution >= 0.6 is 11.8 Å². The third kappa shape index (κ3) is 5.94. The minimum atomic E-state index is -3.28. The highest BCUT2D eigenvalue weighted by atomic mass is 32.2. The lowest BCUT2D eigenvalue weighted by Gasteiger charge is -2.22. The van der Waals surface area contributed by atoms with Gasteiger partial charge in [0.25, 0.3) is 0 Å². The monoisotopic (exact) mass is 329 g/mol. The van der Waals surface area contributed by atoms with E-state index in [1.54, 1.807) is 24.3 Å². The fourth-order valence-corrected chi connectivity index (χ4v) is 3.54. The molecule has 6 nitrogen and oxygen atoms in total. The minimum absolute atomic E-state index is 0.0428. The van der Waals surface area contributed by atoms with E-state index in [2.05, 4.69) is 15.4 Å². The average molecular weight is 329 g/mol. The van der Waals surface area contributed by atoms with E-state index in [-0.39, 0.29) is 11.9 Å². The minimum Gasteiger partial charge on any atom is -0.326 e. The Morgan fingerprint density at radius 3 is 2.57 bits per heavy atom. The molecule has 2 rings (SSSR count). The molecule has 1 amide bonds. The first kappa shape index (κ1) is 16.1. The summed E-state index contributed by atoms with van der Waals surface area (Å²) >= 11 is 1.85. The fraction of sp³-hybridized carbons (Fsp3) is 0.462. The number of nitrogens with one attached hydrogen (secondary N) is 3. The van der Waals surface area contributed by atoms with Crippen LogP contribution in [0.4, 0.5) is 11.4 Å². The Kier molecular flexibility index (Phi) is 5.49. The second-order valence-electron chi connectivity index (χ2n) is 4.93. The highest BCUT2D eigenvalue weighted by Crippen LogP contribution is 2.16. The van der Waals surface area contributed by atoms with E-state index >= 15 is 0 Å². The lowest BCUT2D eigenvalue weighted by molar-refractivity contribution is -0.116. The van der Waals surface area contributed by atoms with Crippen LogP contribution in [0.5, 0.6) is 0 Å². The first-order valence-corrected chi connectivity index (χ1v) is 9.66. The highest BCUT2D eigenvalue weighted by molar-refractivity contribution is 7.99. The van der Waals surface area contributed by atoms with Crippen LogP contribution in [-0.2, 0) is 14.8 Å². The van der Waals surface area contributed by atoms with E-state index in [1.165, 1.54) is 0 Å². The van der Waals surface area contributed by atoms with Crippen molar-refractivity contribution in [1.29, 1.82) is 0 Å². The van der Waals surface area contributed by atoms with Gasteiger partial charge in [0.15, 0.2) is 0 Å². The van der Waals surface area contributed by atoms with Gasteiger partial charge in [-0.05, 0) is 24.3 Å². The topological polar surface area (TPSA) is 87.3 Å². The highest BCUT2D eigenvalue weighted by Gasteiger charge is 2.16. The smallest absolute Gasteiger partial charge is 0.229 e. The molecule has 1 aliphatic heterocycles. The van der Waals surface area contributed by atoms with Crippen LogP contribution in [0, 0.1) is 0 Å². The lowest BCUT2D eigenvalue weighted by Crippen LogP contribution is -2.39. The van der Waals surface area contributed by atoms with Crippen molar-refractivity contribution in [3.8, 4) is 0 Å². The molecule has 1 aromatic rings. The van der Waals surface area contributed by atoms with Crippen molar-refractivity contribution in [2.24, 2.45) is 0 Å². The van der Waals surface area contributed by atoms with Crippen molar-refractivity contribution in [3.63, 3.8) is 0 Å². The summed E-state index contributed by atoms with van der Waals surface area (Å²) in [7, 11) is -3.28. The molecule has 1 fully saturated rings. The number of anilines is 2. The van der Waals surface area contributed by atoms with E-state index in [9.17, 15) is 13.2 Å². The molecular weight excluding hydrogens is 310 g/mol. The Balaban J connectivity index is 1.86. The number of amides is 1. The molecule has 1 atom stereocenters. The molecular formula is C13H19N3O3S2. The summed E-state index contributed by atoms with van der Waals surface area (Å²) in [6, 6.07) is 6.80. The van der Waals surface area contributed by atoms with Crippen molar-refractivity contribution in [1.82, 2.24) is 5.32 Å². The van der Waals surface area contributed by atoms with Crippen LogP contribution < -0.4 is 15.4 Å². The van der Waals surface area contributed by atoms with Gasteiger partial charge in [-0.2, -0.15) is 11.8 Å². The summed E-state index contributed by atoms with van der Waals surface area (Å²) in [6.07, 6.45) is 1.54. The van der Waals surface area contributed by atoms with Gasteiger partial charge in [-0.25, -0.2) is 8.42 Å². The largest absolute Gasteiger partial charge is 0.326 e. The molecule has 1 heterocycles. The summed E-state index contributed by atoms with van der Waals surface area (Å²) < 4.78 is 24.6. The number of carbonyl (C=O) groups is 1. The molecule has 116 valence electrons. The molecule has 0 spiro atoms. The van der Waals surface area contributed by atoms with Gasteiger partial charge in [0.2, 0.25) is 15.9 Å². The Morgan fingerprint density at radius 2 is 2.00 bits per heavy atom. The molecule has 0 saturated carbocycles. The van der Waals surface area contributed by atoms with Gasteiger partial charge in [0, 0.05) is 41.9 Å². The Hall–Kier alpha value is -1.25. The first-order chi connectivity index (χ1) is 9.92. The maximum absolute atomic E-state index is 11.9. The van der Waals surface area contributed by atoms with Gasteiger partial charge in [-0.15, -0.1) is 0 Å². The second-order valence-corrected chi connectivity index (χ2v) is 7.83. The SMILES string of the molecule is CS(=O)(=O)Nc1ccc(NC(=O)CC2CSCCN2)cc1. The maximum Gasteiger partial charge on any atom is 0.229 e. The third-order valence-corrected chi connectivity index (χ3v) is 4.64. The van der Waals surface area contributed by atoms with Gasteiger partial charge < -0.3 is 10.6 Å². The number of hydrogen-bond acceptors (Lipinski definition) is 5. The maximum atomic E-state index is 11.9. The quantitative estimate of drug-likeness (QED) is 0.753. The van der Waals surface area contributed by atoms with Crippen molar-refractivity contribution < 1.29 is 13.2 Å². The second kappa shape index (κ2) is 7.15. The van der Waals surface area contributed by atoms with Crippen molar-refractivity contribution in [3.05, 3.63) is 24.3 Å². The Morgan fingerprint density at radius 1 is 1.33 bits per heavy atom. The summed E-state index contributed by atoms with van der Waals surface area (Å²) in [5, 5.41) is 6.13. The molecule has 1 aliphatic rings. The van der Waals surface area contributed by atoms with E-state index in [0.29, 0.717) is 17.8 Å². The predicted molar refractivity (Wildman–Crippen MR) is 87.3 cm³/mol. The number of hydrogen-bond donors (Lipinski definition) is 3. The summed E-state index contributed by atoms with van der Waals surface area (Å²) in [4.78, 5) is 11.9. The zero-order valence-electron chi connectivity index (χ0n) is 11.8. The number of rotatable bonds is 5. The molecule has 3 N–H and O–H groups in total. The van der Waals surface area contributed by atoms with Gasteiger partial charge in [-0.1, -0.05) is 0 Å². The molecule has 1 saturated heterocycles. The Labute approximate surface area is 129 Å². The normalized spacial score (nSPS) is 19.0. The van der Waals surface area contributed by atoms with Crippen LogP contribution in [0.25, 0.3) is 0 Å². The number of benzene rings is 1. The average Bonchev–Trinajstić information content (AvgIpc) is 2.40. The van der Waals surface area contributed by atoms with E-state index in [1.807, 2.05) is 11.8 Å². The predicted octanol–water partition coefficient (Wildman–Crippen LogP) is 1.09. The molecule has 21 heavy (non-hydrogen) atoms. The van der Waals surface area contributed by atoms with E-state index in [0.717, 1.165) is 24.3 Å². The zero-order chi connectivity index (χ0) is 15.3. The molecule has 0 aromatic heterocycles. The van der Waals surface area contributed by atoms with Crippen molar-refractivity contribution in [2.75, 3.05) is 34.3 Å². The lowest BCUT2D eigenvalue weighted by atomic mass is 10.2. The van der Waals surface area contributed by atoms with Gasteiger partial charge in [0.05, 0.1) is 6.26 Å². The number of carbonyl (C=O) groups excluding carboxylic acids is 1. The first-order valence-electron chi connectivity index (χ1n) is 6.61. The van der Waals surface area contributed by atoms with Crippen molar-refractivity contribution >= 4 is 39.1 Å². The van der Waals surface area contributed by atoms with Crippen LogP contribution in [0.15, 0.2) is 24.3 Å². The van der Waals surface area contributed by atoms with Crippen LogP contribution in [0.1, 0.15) is 6.42 Å². The van der Waals surface area contributed by atoms with Gasteiger partial charge in [-0.3, -0.25) is 9.52 Å². The van der Waals surface area contributed by atoms with E-state index in [4.69, 9.17) is 0 Å². The summed E-state index contributed by atoms with van der Waals surface area (Å²) in [6.45, 7) is 0.939. The molecule has 8 heteroatoms. The number of sulfonamides is 1. The van der Waals surface area contributed by atoms with Crippen molar-refractivity contribution in [2.45, 2.75) is 12.5 Å². The summed E-state index contributed by atoms with van der Waals surface area (Å²) in [5.41, 5.74) is 1.13. The molecule has 1 unspecified atom stereocenters. The van der Waals surface area contributed by atoms with Crippen LogP contribution in [-0.4, -0.2) is 44.7 Å². The van der Waals surface area contributed by atoms with Crippen LogP contribution in [0.3, 0.4) is 0 Å². The van der Waals surface area contributed by atoms with E-state index < -0.39 is 10.0 Å².